The van der Waals surface area contributed by atoms with Crippen molar-refractivity contribution in [3.05, 3.63) is 22.1 Å². The lowest BCUT2D eigenvalue weighted by Gasteiger charge is -2.30. The molecule has 1 saturated heterocycles. The van der Waals surface area contributed by atoms with Crippen LogP contribution in [0, 0.1) is 0 Å². The molecule has 0 aromatic carbocycles. The van der Waals surface area contributed by atoms with Crippen molar-refractivity contribution in [3.63, 3.8) is 0 Å². The van der Waals surface area contributed by atoms with Gasteiger partial charge in [-0.15, -0.1) is 0 Å². The highest BCUT2D eigenvalue weighted by Crippen LogP contribution is 2.26. The van der Waals surface area contributed by atoms with Crippen LogP contribution in [-0.4, -0.2) is 40.0 Å². The number of piperidine rings is 1. The number of nitrogens with one attached hydrogen (secondary N) is 1. The zero-order chi connectivity index (χ0) is 15.4. The molecule has 114 valence electrons. The molecule has 7 N–H and O–H groups in total. The van der Waals surface area contributed by atoms with Crippen molar-refractivity contribution in [2.75, 3.05) is 18.8 Å². The summed E-state index contributed by atoms with van der Waals surface area (Å²) in [6, 6.07) is 1.43. The third-order valence-corrected chi connectivity index (χ3v) is 3.18. The zero-order valence-electron chi connectivity index (χ0n) is 11.3. The van der Waals surface area contributed by atoms with Crippen molar-refractivity contribution in [1.82, 2.24) is 14.9 Å². The summed E-state index contributed by atoms with van der Waals surface area (Å²) in [5.41, 5.74) is 16.0. The summed E-state index contributed by atoms with van der Waals surface area (Å²) in [5, 5.41) is 3.21. The summed E-state index contributed by atoms with van der Waals surface area (Å²) in [7, 11) is 0. The fourth-order valence-corrected chi connectivity index (χ4v) is 2.21. The second-order valence-corrected chi connectivity index (χ2v) is 4.69. The number of amides is 1. The maximum Gasteiger partial charge on any atom is 0.436 e. The molecule has 10 nitrogen and oxygen atoms in total. The Bertz CT molecular complexity index is 600. The highest BCUT2D eigenvalue weighted by atomic mass is 16.7. The molecule has 0 aliphatic carbocycles. The van der Waals surface area contributed by atoms with E-state index in [4.69, 9.17) is 17.2 Å². The van der Waals surface area contributed by atoms with Crippen LogP contribution >= 0.6 is 0 Å². The van der Waals surface area contributed by atoms with E-state index in [-0.39, 0.29) is 23.4 Å². The van der Waals surface area contributed by atoms with Crippen molar-refractivity contribution >= 4 is 18.0 Å². The first-order valence-corrected chi connectivity index (χ1v) is 6.37. The van der Waals surface area contributed by atoms with Gasteiger partial charge in [-0.2, -0.15) is 0 Å². The second kappa shape index (κ2) is 6.11. The van der Waals surface area contributed by atoms with E-state index in [0.29, 0.717) is 31.6 Å². The largest absolute Gasteiger partial charge is 0.436 e. The van der Waals surface area contributed by atoms with Crippen molar-refractivity contribution < 1.29 is 9.63 Å². The fraction of sp³-hybridized carbons (Fsp3) is 0.455. The minimum atomic E-state index is -0.611. The number of anilines is 1. The van der Waals surface area contributed by atoms with Crippen LogP contribution in [0.15, 0.2) is 16.0 Å². The van der Waals surface area contributed by atoms with Gasteiger partial charge in [-0.05, 0) is 18.0 Å². The van der Waals surface area contributed by atoms with Crippen LogP contribution in [0.4, 0.5) is 10.7 Å². The van der Waals surface area contributed by atoms with Crippen LogP contribution in [0.25, 0.3) is 0 Å². The maximum atomic E-state index is 11.6. The van der Waals surface area contributed by atoms with Gasteiger partial charge in [0.05, 0.1) is 5.69 Å². The van der Waals surface area contributed by atoms with Crippen LogP contribution in [0.5, 0.6) is 0 Å². The molecule has 0 bridgehead atoms. The van der Waals surface area contributed by atoms with E-state index in [0.717, 1.165) is 0 Å². The minimum absolute atomic E-state index is 0.0710. The molecule has 1 amide bonds. The molecule has 0 unspecified atom stereocenters. The molecule has 1 aliphatic rings. The van der Waals surface area contributed by atoms with Crippen molar-refractivity contribution in [1.29, 1.82) is 0 Å². The lowest BCUT2D eigenvalue weighted by Crippen LogP contribution is -2.38. The molecule has 0 atom stereocenters. The Hall–Kier alpha value is -2.78. The fourth-order valence-electron chi connectivity index (χ4n) is 2.21. The molecule has 1 aliphatic heterocycles. The molecule has 21 heavy (non-hydrogen) atoms. The topological polar surface area (TPSA) is 166 Å². The first-order valence-electron chi connectivity index (χ1n) is 6.37. The van der Waals surface area contributed by atoms with Crippen LogP contribution < -0.4 is 22.8 Å². The molecule has 1 aromatic heterocycles. The number of oxime groups is 1. The molecular weight excluding hydrogens is 278 g/mol. The zero-order valence-corrected chi connectivity index (χ0v) is 11.3. The quantitative estimate of drug-likeness (QED) is 0.231. The number of likely N-dealkylation sites (tertiary alicyclic amines) is 1. The molecule has 0 saturated carbocycles. The normalized spacial score (nSPS) is 15.5. The van der Waals surface area contributed by atoms with Gasteiger partial charge in [-0.25, -0.2) is 9.78 Å². The lowest BCUT2D eigenvalue weighted by atomic mass is 9.93. The second-order valence-electron chi connectivity index (χ2n) is 4.69. The summed E-state index contributed by atoms with van der Waals surface area (Å²) in [6.07, 6.45) is 0.680. The highest BCUT2D eigenvalue weighted by Gasteiger charge is 2.26. The van der Waals surface area contributed by atoms with Gasteiger partial charge in [0.2, 0.25) is 11.9 Å². The van der Waals surface area contributed by atoms with Gasteiger partial charge in [0, 0.05) is 25.1 Å². The minimum Gasteiger partial charge on any atom is -0.369 e. The number of rotatable bonds is 2. The Morgan fingerprint density at radius 1 is 1.43 bits per heavy atom. The molecule has 2 rings (SSSR count). The number of guanidine groups is 1. The Kier molecular flexibility index (Phi) is 4.26. The van der Waals surface area contributed by atoms with E-state index >= 15 is 0 Å². The van der Waals surface area contributed by atoms with Gasteiger partial charge in [0.15, 0.2) is 0 Å². The Labute approximate surface area is 119 Å². The van der Waals surface area contributed by atoms with Gasteiger partial charge in [0.1, 0.15) is 0 Å². The van der Waals surface area contributed by atoms with E-state index in [9.17, 15) is 9.59 Å². The van der Waals surface area contributed by atoms with Crippen LogP contribution in [-0.2, 0) is 4.84 Å². The molecular formula is C11H17N7O3. The third-order valence-electron chi connectivity index (χ3n) is 3.18. The molecule has 1 fully saturated rings. The predicted octanol–water partition coefficient (Wildman–Crippen LogP) is -1.14. The maximum absolute atomic E-state index is 11.6. The van der Waals surface area contributed by atoms with Gasteiger partial charge in [-0.1, -0.05) is 0 Å². The summed E-state index contributed by atoms with van der Waals surface area (Å²) < 4.78 is 0. The molecule has 0 radical (unpaired) electrons. The first kappa shape index (κ1) is 14.6. The highest BCUT2D eigenvalue weighted by molar-refractivity contribution is 5.76. The number of carbonyl (C=O) groups excluding carboxylic acids is 1. The number of aromatic nitrogens is 2. The number of hydrogen-bond donors (Lipinski definition) is 4. The van der Waals surface area contributed by atoms with E-state index in [1.807, 2.05) is 0 Å². The van der Waals surface area contributed by atoms with Crippen LogP contribution in [0.2, 0.25) is 0 Å². The lowest BCUT2D eigenvalue weighted by molar-refractivity contribution is 0.0950. The number of nitrogen functional groups attached to an aromatic ring is 1. The standard InChI is InChI=1S/C11H17N7O3/c12-9(13)17-21-11(20)18-3-1-6(2-4-18)7-5-8(19)16-10(14)15-7/h5-6H,1-4H2,(H4,12,13,17)(H3,14,15,16,19). The van der Waals surface area contributed by atoms with Crippen molar-refractivity contribution in [2.45, 2.75) is 18.8 Å². The van der Waals surface area contributed by atoms with Gasteiger partial charge >= 0.3 is 6.09 Å². The monoisotopic (exact) mass is 295 g/mol. The number of hydrogen-bond acceptors (Lipinski definition) is 6. The summed E-state index contributed by atoms with van der Waals surface area (Å²) >= 11 is 0. The van der Waals surface area contributed by atoms with Crippen LogP contribution in [0.1, 0.15) is 24.5 Å². The molecule has 2 heterocycles. The summed E-state index contributed by atoms with van der Waals surface area (Å²) in [4.78, 5) is 35.6. The van der Waals surface area contributed by atoms with Gasteiger partial charge in [0.25, 0.3) is 5.56 Å². The summed E-state index contributed by atoms with van der Waals surface area (Å²) in [6.45, 7) is 0.912. The molecule has 10 heteroatoms. The van der Waals surface area contributed by atoms with E-state index in [2.05, 4.69) is 20.0 Å². The Morgan fingerprint density at radius 2 is 2.10 bits per heavy atom. The van der Waals surface area contributed by atoms with Crippen molar-refractivity contribution in [2.24, 2.45) is 16.6 Å². The third kappa shape index (κ3) is 3.84. The van der Waals surface area contributed by atoms with Crippen LogP contribution in [0.3, 0.4) is 0 Å². The smallest absolute Gasteiger partial charge is 0.369 e. The van der Waals surface area contributed by atoms with E-state index in [1.165, 1.54) is 11.0 Å². The average Bonchev–Trinajstić information content (AvgIpc) is 2.44. The molecule has 0 spiro atoms. The SMILES string of the molecule is NC(N)=NOC(=O)N1CCC(c2cc(=O)[nH]c(N)n2)CC1. The average molecular weight is 295 g/mol. The predicted molar refractivity (Wildman–Crippen MR) is 75.1 cm³/mol. The van der Waals surface area contributed by atoms with Gasteiger partial charge < -0.3 is 22.1 Å². The number of nitrogens with zero attached hydrogens (tertiary/aromatic N) is 3. The van der Waals surface area contributed by atoms with Gasteiger partial charge in [-0.3, -0.25) is 14.6 Å². The summed E-state index contributed by atoms with van der Waals surface area (Å²) in [5.74, 6) is -0.157. The van der Waals surface area contributed by atoms with Crippen molar-refractivity contribution in [3.8, 4) is 0 Å². The number of carbonyl (C=O) groups is 1. The number of nitrogens with two attached hydrogens (primary N) is 3. The Balaban J connectivity index is 1.95. The first-order chi connectivity index (χ1) is 9.95. The molecule has 1 aromatic rings. The number of aromatic amines is 1. The van der Waals surface area contributed by atoms with E-state index in [1.54, 1.807) is 0 Å². The van der Waals surface area contributed by atoms with E-state index < -0.39 is 6.09 Å². The Morgan fingerprint density at radius 3 is 2.67 bits per heavy atom. The number of H-pyrrole nitrogens is 1.